The summed E-state index contributed by atoms with van der Waals surface area (Å²) in [5.74, 6) is -1.89. The lowest BCUT2D eigenvalue weighted by Gasteiger charge is -2.09. The van der Waals surface area contributed by atoms with E-state index < -0.39 is 17.6 Å². The van der Waals surface area contributed by atoms with Crippen molar-refractivity contribution in [2.45, 2.75) is 6.54 Å². The predicted octanol–water partition coefficient (Wildman–Crippen LogP) is 3.57. The summed E-state index contributed by atoms with van der Waals surface area (Å²) in [5.41, 5.74) is 1.40. The summed E-state index contributed by atoms with van der Waals surface area (Å²) in [6.45, 7) is 0.410. The SMILES string of the molecule is O=C(O)c1ccc(Cn2ccnc2-c2cc(F)cc(F)c2)cc1. The second kappa shape index (κ2) is 6.00. The Labute approximate surface area is 130 Å². The largest absolute Gasteiger partial charge is 0.478 e. The van der Waals surface area contributed by atoms with E-state index in [-0.39, 0.29) is 5.56 Å². The van der Waals surface area contributed by atoms with Gasteiger partial charge in [0.2, 0.25) is 0 Å². The normalized spacial score (nSPS) is 10.7. The van der Waals surface area contributed by atoms with Gasteiger partial charge in [-0.05, 0) is 29.8 Å². The molecule has 23 heavy (non-hydrogen) atoms. The highest BCUT2D eigenvalue weighted by molar-refractivity contribution is 5.87. The van der Waals surface area contributed by atoms with E-state index in [1.807, 2.05) is 0 Å². The second-order valence-electron chi connectivity index (χ2n) is 5.04. The predicted molar refractivity (Wildman–Crippen MR) is 80.1 cm³/mol. The standard InChI is InChI=1S/C17H12F2N2O2/c18-14-7-13(8-15(19)9-14)16-20-5-6-21(16)10-11-1-3-12(4-2-11)17(22)23/h1-9H,10H2,(H,22,23). The van der Waals surface area contributed by atoms with Crippen LogP contribution < -0.4 is 0 Å². The number of aromatic carboxylic acids is 1. The molecule has 0 aliphatic carbocycles. The van der Waals surface area contributed by atoms with Crippen LogP contribution in [0.4, 0.5) is 8.78 Å². The summed E-state index contributed by atoms with van der Waals surface area (Å²) < 4.78 is 28.5. The fourth-order valence-electron chi connectivity index (χ4n) is 2.33. The first-order valence-electron chi connectivity index (χ1n) is 6.83. The first-order chi connectivity index (χ1) is 11.0. The lowest BCUT2D eigenvalue weighted by Crippen LogP contribution is -2.03. The van der Waals surface area contributed by atoms with Gasteiger partial charge in [-0.25, -0.2) is 18.6 Å². The van der Waals surface area contributed by atoms with Gasteiger partial charge in [0.1, 0.15) is 17.5 Å². The Morgan fingerprint density at radius 3 is 2.35 bits per heavy atom. The maximum atomic E-state index is 13.4. The molecule has 0 saturated carbocycles. The minimum absolute atomic E-state index is 0.201. The average molecular weight is 314 g/mol. The van der Waals surface area contributed by atoms with Crippen LogP contribution in [0, 0.1) is 11.6 Å². The third kappa shape index (κ3) is 3.26. The number of nitrogens with zero attached hydrogens (tertiary/aromatic N) is 2. The zero-order chi connectivity index (χ0) is 16.4. The summed E-state index contributed by atoms with van der Waals surface area (Å²) in [5, 5.41) is 8.89. The molecule has 0 aliphatic rings. The first-order valence-corrected chi connectivity index (χ1v) is 6.83. The summed E-state index contributed by atoms with van der Waals surface area (Å²) >= 11 is 0. The molecule has 3 rings (SSSR count). The van der Waals surface area contributed by atoms with E-state index in [1.165, 1.54) is 24.3 Å². The molecule has 0 radical (unpaired) electrons. The van der Waals surface area contributed by atoms with Gasteiger partial charge < -0.3 is 9.67 Å². The van der Waals surface area contributed by atoms with Crippen LogP contribution in [0.2, 0.25) is 0 Å². The van der Waals surface area contributed by atoms with E-state index >= 15 is 0 Å². The van der Waals surface area contributed by atoms with Crippen LogP contribution in [0.1, 0.15) is 15.9 Å². The van der Waals surface area contributed by atoms with Gasteiger partial charge >= 0.3 is 5.97 Å². The molecule has 0 saturated heterocycles. The quantitative estimate of drug-likeness (QED) is 0.801. The first kappa shape index (κ1) is 14.9. The number of hydrogen-bond donors (Lipinski definition) is 1. The Morgan fingerprint density at radius 2 is 1.74 bits per heavy atom. The van der Waals surface area contributed by atoms with Crippen LogP contribution in [0.3, 0.4) is 0 Å². The van der Waals surface area contributed by atoms with Gasteiger partial charge in [-0.2, -0.15) is 0 Å². The van der Waals surface area contributed by atoms with Gasteiger partial charge in [-0.3, -0.25) is 0 Å². The van der Waals surface area contributed by atoms with Crippen LogP contribution in [-0.4, -0.2) is 20.6 Å². The summed E-state index contributed by atoms with van der Waals surface area (Å²) in [6.07, 6.45) is 3.24. The maximum absolute atomic E-state index is 13.4. The van der Waals surface area contributed by atoms with Crippen molar-refractivity contribution in [3.8, 4) is 11.4 Å². The van der Waals surface area contributed by atoms with E-state index in [0.29, 0.717) is 17.9 Å². The molecule has 116 valence electrons. The van der Waals surface area contributed by atoms with Gasteiger partial charge in [0, 0.05) is 30.6 Å². The molecule has 0 spiro atoms. The zero-order valence-electron chi connectivity index (χ0n) is 11.9. The molecule has 3 aromatic rings. The van der Waals surface area contributed by atoms with Gasteiger partial charge in [0.15, 0.2) is 0 Å². The lowest BCUT2D eigenvalue weighted by atomic mass is 10.1. The molecule has 0 bridgehead atoms. The molecule has 6 heteroatoms. The van der Waals surface area contributed by atoms with E-state index in [9.17, 15) is 13.6 Å². The molecule has 2 aromatic carbocycles. The van der Waals surface area contributed by atoms with Crippen molar-refractivity contribution >= 4 is 5.97 Å². The number of carboxylic acid groups (broad SMARTS) is 1. The van der Waals surface area contributed by atoms with Crippen molar-refractivity contribution in [3.05, 3.63) is 77.6 Å². The average Bonchev–Trinajstić information content (AvgIpc) is 2.95. The molecular weight excluding hydrogens is 302 g/mol. The molecule has 0 atom stereocenters. The van der Waals surface area contributed by atoms with Crippen molar-refractivity contribution < 1.29 is 18.7 Å². The van der Waals surface area contributed by atoms with Crippen LogP contribution in [0.5, 0.6) is 0 Å². The Balaban J connectivity index is 1.90. The molecule has 4 nitrogen and oxygen atoms in total. The van der Waals surface area contributed by atoms with E-state index in [0.717, 1.165) is 11.6 Å². The van der Waals surface area contributed by atoms with Crippen molar-refractivity contribution in [1.29, 1.82) is 0 Å². The second-order valence-corrected chi connectivity index (χ2v) is 5.04. The van der Waals surface area contributed by atoms with Crippen LogP contribution in [-0.2, 0) is 6.54 Å². The highest BCUT2D eigenvalue weighted by atomic mass is 19.1. The minimum Gasteiger partial charge on any atom is -0.478 e. The number of hydrogen-bond acceptors (Lipinski definition) is 2. The molecule has 1 heterocycles. The third-order valence-corrected chi connectivity index (χ3v) is 3.39. The van der Waals surface area contributed by atoms with Crippen molar-refractivity contribution in [2.75, 3.05) is 0 Å². The number of benzene rings is 2. The number of imidazole rings is 1. The fourth-order valence-corrected chi connectivity index (χ4v) is 2.33. The fraction of sp³-hybridized carbons (Fsp3) is 0.0588. The van der Waals surface area contributed by atoms with Gasteiger partial charge in [0.05, 0.1) is 5.56 Å². The Hall–Kier alpha value is -3.02. The molecule has 0 amide bonds. The van der Waals surface area contributed by atoms with E-state index in [2.05, 4.69) is 4.98 Å². The van der Waals surface area contributed by atoms with Gasteiger partial charge in [-0.1, -0.05) is 12.1 Å². The number of carboxylic acids is 1. The third-order valence-electron chi connectivity index (χ3n) is 3.39. The molecule has 0 unspecified atom stereocenters. The van der Waals surface area contributed by atoms with Crippen molar-refractivity contribution in [1.82, 2.24) is 9.55 Å². The zero-order valence-corrected chi connectivity index (χ0v) is 11.9. The maximum Gasteiger partial charge on any atom is 0.335 e. The topological polar surface area (TPSA) is 55.1 Å². The molecule has 1 aromatic heterocycles. The molecule has 0 fully saturated rings. The number of halogens is 2. The van der Waals surface area contributed by atoms with E-state index in [1.54, 1.807) is 29.1 Å². The van der Waals surface area contributed by atoms with E-state index in [4.69, 9.17) is 5.11 Å². The van der Waals surface area contributed by atoms with Gasteiger partial charge in [0.25, 0.3) is 0 Å². The highest BCUT2D eigenvalue weighted by Gasteiger charge is 2.10. The Kier molecular flexibility index (Phi) is 3.89. The number of rotatable bonds is 4. The van der Waals surface area contributed by atoms with Crippen LogP contribution >= 0.6 is 0 Å². The monoisotopic (exact) mass is 314 g/mol. The lowest BCUT2D eigenvalue weighted by molar-refractivity contribution is 0.0697. The minimum atomic E-state index is -0.991. The summed E-state index contributed by atoms with van der Waals surface area (Å²) in [4.78, 5) is 15.0. The molecule has 0 aliphatic heterocycles. The molecule has 1 N–H and O–H groups in total. The Bertz CT molecular complexity index is 837. The smallest absolute Gasteiger partial charge is 0.335 e. The van der Waals surface area contributed by atoms with Crippen LogP contribution in [0.25, 0.3) is 11.4 Å². The highest BCUT2D eigenvalue weighted by Crippen LogP contribution is 2.21. The van der Waals surface area contributed by atoms with Crippen molar-refractivity contribution in [3.63, 3.8) is 0 Å². The van der Waals surface area contributed by atoms with Crippen molar-refractivity contribution in [2.24, 2.45) is 0 Å². The Morgan fingerprint density at radius 1 is 1.09 bits per heavy atom. The summed E-state index contributed by atoms with van der Waals surface area (Å²) in [7, 11) is 0. The number of carbonyl (C=O) groups is 1. The summed E-state index contributed by atoms with van der Waals surface area (Å²) in [6, 6.07) is 9.65. The molecular formula is C17H12F2N2O2. The number of aromatic nitrogens is 2. The van der Waals surface area contributed by atoms with Gasteiger partial charge in [-0.15, -0.1) is 0 Å². The van der Waals surface area contributed by atoms with Crippen LogP contribution in [0.15, 0.2) is 54.9 Å².